The van der Waals surface area contributed by atoms with Crippen LogP contribution in [0.1, 0.15) is 18.4 Å². The summed E-state index contributed by atoms with van der Waals surface area (Å²) in [5.41, 5.74) is 1.40. The van der Waals surface area contributed by atoms with Gasteiger partial charge in [0.1, 0.15) is 0 Å². The number of thiol groups is 1. The van der Waals surface area contributed by atoms with Crippen molar-refractivity contribution in [2.24, 2.45) is 0 Å². The molecule has 0 aliphatic rings. The first-order valence-electron chi connectivity index (χ1n) is 6.56. The average molecular weight is 287 g/mol. The number of aryl methyl sites for hydroxylation is 1. The Bertz CT molecular complexity index is 304. The highest BCUT2D eigenvalue weighted by Gasteiger charge is 1.99. The van der Waals surface area contributed by atoms with Gasteiger partial charge in [-0.25, -0.2) is 9.93 Å². The summed E-state index contributed by atoms with van der Waals surface area (Å²) in [6.07, 6.45) is 12.1. The minimum absolute atomic E-state index is 0.220. The van der Waals surface area contributed by atoms with Crippen LogP contribution < -0.4 is 0 Å². The maximum atomic E-state index is 4.04. The molecule has 0 saturated carbocycles. The van der Waals surface area contributed by atoms with E-state index in [2.05, 4.69) is 52.4 Å². The third kappa shape index (κ3) is 8.01. The molecular formula is C14H26N2S2. The molecule has 4 heteroatoms. The van der Waals surface area contributed by atoms with Crippen LogP contribution in [0.3, 0.4) is 0 Å². The summed E-state index contributed by atoms with van der Waals surface area (Å²) < 4.78 is 0. The Labute approximate surface area is 118 Å². The Morgan fingerprint density at radius 3 is 2.50 bits per heavy atom. The molecule has 2 nitrogen and oxygen atoms in total. The minimum Gasteiger partial charge on any atom is -0.306 e. The van der Waals surface area contributed by atoms with Crippen LogP contribution in [0.15, 0.2) is 24.5 Å². The minimum atomic E-state index is 0.220. The second-order valence-corrected chi connectivity index (χ2v) is 10.0. The van der Waals surface area contributed by atoms with Crippen LogP contribution >= 0.6 is 20.7 Å². The van der Waals surface area contributed by atoms with E-state index in [-0.39, 0.29) is 9.93 Å². The SMILES string of the molecule is CN(CCCS[SH](C)C)CCCc1ccncc1. The Balaban J connectivity index is 2.01. The zero-order valence-corrected chi connectivity index (χ0v) is 13.5. The van der Waals surface area contributed by atoms with Gasteiger partial charge in [-0.15, -0.1) is 10.8 Å². The Hall–Kier alpha value is -0.190. The van der Waals surface area contributed by atoms with Gasteiger partial charge in [0.05, 0.1) is 0 Å². The molecule has 0 unspecified atom stereocenters. The van der Waals surface area contributed by atoms with E-state index in [1.165, 1.54) is 37.2 Å². The van der Waals surface area contributed by atoms with Crippen LogP contribution in [0, 0.1) is 0 Å². The molecule has 104 valence electrons. The van der Waals surface area contributed by atoms with Crippen LogP contribution in [0.25, 0.3) is 0 Å². The van der Waals surface area contributed by atoms with Gasteiger partial charge in [0.2, 0.25) is 0 Å². The highest BCUT2D eigenvalue weighted by atomic mass is 33.1. The maximum absolute atomic E-state index is 4.04. The number of pyridine rings is 1. The van der Waals surface area contributed by atoms with Crippen LogP contribution in [0.5, 0.6) is 0 Å². The van der Waals surface area contributed by atoms with Gasteiger partial charge in [0.25, 0.3) is 0 Å². The first-order chi connectivity index (χ1) is 8.68. The van der Waals surface area contributed by atoms with Crippen molar-refractivity contribution >= 4 is 20.7 Å². The van der Waals surface area contributed by atoms with E-state index >= 15 is 0 Å². The summed E-state index contributed by atoms with van der Waals surface area (Å²) in [7, 11) is 4.58. The van der Waals surface area contributed by atoms with Crippen molar-refractivity contribution in [2.75, 3.05) is 38.4 Å². The third-order valence-corrected chi connectivity index (χ3v) is 5.87. The molecule has 1 heterocycles. The molecule has 0 atom stereocenters. The summed E-state index contributed by atoms with van der Waals surface area (Å²) >= 11 is 0. The van der Waals surface area contributed by atoms with Crippen molar-refractivity contribution in [3.05, 3.63) is 30.1 Å². The molecule has 0 aromatic carbocycles. The number of aromatic nitrogens is 1. The molecule has 0 spiro atoms. The van der Waals surface area contributed by atoms with Crippen LogP contribution in [0.2, 0.25) is 0 Å². The Kier molecular flexibility index (Phi) is 8.55. The van der Waals surface area contributed by atoms with Crippen molar-refractivity contribution in [3.63, 3.8) is 0 Å². The van der Waals surface area contributed by atoms with Crippen LogP contribution in [-0.2, 0) is 6.42 Å². The van der Waals surface area contributed by atoms with Gasteiger partial charge in [0, 0.05) is 18.1 Å². The molecule has 0 bridgehead atoms. The number of hydrogen-bond acceptors (Lipinski definition) is 3. The first-order valence-corrected chi connectivity index (χ1v) is 10.4. The second-order valence-electron chi connectivity index (χ2n) is 4.76. The topological polar surface area (TPSA) is 16.1 Å². The maximum Gasteiger partial charge on any atom is 0.0270 e. The molecular weight excluding hydrogens is 260 g/mol. The summed E-state index contributed by atoms with van der Waals surface area (Å²) in [5.74, 6) is 1.31. The predicted molar refractivity (Wildman–Crippen MR) is 88.0 cm³/mol. The largest absolute Gasteiger partial charge is 0.306 e. The highest BCUT2D eigenvalue weighted by molar-refractivity contribution is 8.84. The predicted octanol–water partition coefficient (Wildman–Crippen LogP) is 3.25. The number of rotatable bonds is 9. The zero-order valence-electron chi connectivity index (χ0n) is 11.8. The van der Waals surface area contributed by atoms with Gasteiger partial charge in [-0.05, 0) is 69.6 Å². The van der Waals surface area contributed by atoms with Crippen molar-refractivity contribution in [2.45, 2.75) is 19.3 Å². The molecule has 18 heavy (non-hydrogen) atoms. The van der Waals surface area contributed by atoms with Gasteiger partial charge in [0.15, 0.2) is 0 Å². The average Bonchev–Trinajstić information content (AvgIpc) is 2.36. The van der Waals surface area contributed by atoms with Crippen LogP contribution in [-0.4, -0.2) is 48.3 Å². The van der Waals surface area contributed by atoms with E-state index in [9.17, 15) is 0 Å². The van der Waals surface area contributed by atoms with Gasteiger partial charge < -0.3 is 4.90 Å². The fraction of sp³-hybridized carbons (Fsp3) is 0.643. The molecule has 1 rings (SSSR count). The molecule has 1 aromatic heterocycles. The quantitative estimate of drug-likeness (QED) is 0.426. The fourth-order valence-electron chi connectivity index (χ4n) is 1.80. The molecule has 0 radical (unpaired) electrons. The van der Waals surface area contributed by atoms with Crippen molar-refractivity contribution < 1.29 is 0 Å². The smallest absolute Gasteiger partial charge is 0.0270 e. The van der Waals surface area contributed by atoms with E-state index in [4.69, 9.17) is 0 Å². The first kappa shape index (κ1) is 15.9. The lowest BCUT2D eigenvalue weighted by Gasteiger charge is -2.17. The molecule has 0 aliphatic carbocycles. The van der Waals surface area contributed by atoms with Gasteiger partial charge in [-0.1, -0.05) is 0 Å². The summed E-state index contributed by atoms with van der Waals surface area (Å²) in [6.45, 7) is 2.42. The zero-order chi connectivity index (χ0) is 13.2. The third-order valence-electron chi connectivity index (χ3n) is 2.79. The van der Waals surface area contributed by atoms with E-state index in [0.29, 0.717) is 0 Å². The van der Waals surface area contributed by atoms with E-state index in [1.54, 1.807) is 0 Å². The van der Waals surface area contributed by atoms with Gasteiger partial charge in [-0.3, -0.25) is 4.98 Å². The lowest BCUT2D eigenvalue weighted by atomic mass is 10.1. The Morgan fingerprint density at radius 1 is 1.17 bits per heavy atom. The number of nitrogens with zero attached hydrogens (tertiary/aromatic N) is 2. The summed E-state index contributed by atoms with van der Waals surface area (Å²) in [4.78, 5) is 6.50. The monoisotopic (exact) mass is 286 g/mol. The standard InChI is InChI=1S/C14H26N2S2/c1-16(12-5-13-17-18(2)3)11-4-6-14-7-9-15-10-8-14/h7-10,18H,4-6,11-13H2,1-3H3. The lowest BCUT2D eigenvalue weighted by Crippen LogP contribution is -2.21. The van der Waals surface area contributed by atoms with E-state index in [0.717, 1.165) is 6.42 Å². The van der Waals surface area contributed by atoms with Crippen molar-refractivity contribution in [1.29, 1.82) is 0 Å². The van der Waals surface area contributed by atoms with Crippen molar-refractivity contribution in [3.8, 4) is 0 Å². The molecule has 0 aliphatic heterocycles. The van der Waals surface area contributed by atoms with Crippen molar-refractivity contribution in [1.82, 2.24) is 9.88 Å². The van der Waals surface area contributed by atoms with E-state index < -0.39 is 0 Å². The molecule has 0 saturated heterocycles. The summed E-state index contributed by atoms with van der Waals surface area (Å²) in [6, 6.07) is 4.23. The molecule has 0 amide bonds. The molecule has 0 fully saturated rings. The molecule has 0 N–H and O–H groups in total. The van der Waals surface area contributed by atoms with Gasteiger partial charge in [-0.2, -0.15) is 0 Å². The van der Waals surface area contributed by atoms with E-state index in [1.807, 2.05) is 12.4 Å². The number of hydrogen-bond donors (Lipinski definition) is 1. The van der Waals surface area contributed by atoms with Gasteiger partial charge >= 0.3 is 0 Å². The molecule has 1 aromatic rings. The summed E-state index contributed by atoms with van der Waals surface area (Å²) in [5, 5.41) is 0. The van der Waals surface area contributed by atoms with Crippen LogP contribution in [0.4, 0.5) is 0 Å². The fourth-order valence-corrected chi connectivity index (χ4v) is 3.90. The highest BCUT2D eigenvalue weighted by Crippen LogP contribution is 2.32. The second kappa shape index (κ2) is 9.70. The lowest BCUT2D eigenvalue weighted by molar-refractivity contribution is 0.331. The normalized spacial score (nSPS) is 11.9. The Morgan fingerprint density at radius 2 is 1.83 bits per heavy atom.